The van der Waals surface area contributed by atoms with Gasteiger partial charge in [0.2, 0.25) is 0 Å². The summed E-state index contributed by atoms with van der Waals surface area (Å²) in [5.41, 5.74) is 12.7. The molecule has 51 heavy (non-hydrogen) atoms. The van der Waals surface area contributed by atoms with Gasteiger partial charge in [-0.1, -0.05) is 97.0 Å². The molecule has 0 aliphatic rings. The zero-order valence-corrected chi connectivity index (χ0v) is 32.6. The van der Waals surface area contributed by atoms with Crippen molar-refractivity contribution >= 4 is 11.4 Å². The van der Waals surface area contributed by atoms with Crippen molar-refractivity contribution in [3.05, 3.63) is 117 Å². The number of aryl methyl sites for hydroxylation is 4. The molecule has 0 amide bonds. The van der Waals surface area contributed by atoms with Crippen molar-refractivity contribution in [1.29, 1.82) is 0 Å². The van der Waals surface area contributed by atoms with Gasteiger partial charge in [0.05, 0.1) is 6.10 Å². The number of likely N-dealkylation sites (N-methyl/N-ethyl adjacent to an activating group) is 1. The van der Waals surface area contributed by atoms with Gasteiger partial charge in [-0.15, -0.1) is 0 Å². The predicted octanol–water partition coefficient (Wildman–Crippen LogP) is 8.92. The van der Waals surface area contributed by atoms with Crippen LogP contribution in [0.25, 0.3) is 0 Å². The van der Waals surface area contributed by atoms with Crippen LogP contribution in [0.1, 0.15) is 99.4 Å². The molecule has 276 valence electrons. The first kappa shape index (κ1) is 39.8. The summed E-state index contributed by atoms with van der Waals surface area (Å²) in [5.74, 6) is 1.49. The topological polar surface area (TPSA) is 74.2 Å². The molecule has 2 unspecified atom stereocenters. The van der Waals surface area contributed by atoms with Gasteiger partial charge in [0.15, 0.2) is 0 Å². The highest BCUT2D eigenvalue weighted by molar-refractivity contribution is 5.63. The summed E-state index contributed by atoms with van der Waals surface area (Å²) in [7, 11) is 4.10. The van der Waals surface area contributed by atoms with Gasteiger partial charge < -0.3 is 29.9 Å². The zero-order chi connectivity index (χ0) is 37.1. The van der Waals surface area contributed by atoms with Gasteiger partial charge in [0, 0.05) is 37.4 Å². The van der Waals surface area contributed by atoms with Crippen LogP contribution in [-0.4, -0.2) is 56.3 Å². The fourth-order valence-electron chi connectivity index (χ4n) is 7.09. The molecular formula is C45H62N2O4. The molecule has 4 rings (SSSR count). The van der Waals surface area contributed by atoms with Crippen molar-refractivity contribution in [1.82, 2.24) is 0 Å². The number of rotatable bonds is 19. The number of anilines is 2. The van der Waals surface area contributed by atoms with Crippen LogP contribution in [0, 0.1) is 0 Å². The highest BCUT2D eigenvalue weighted by Crippen LogP contribution is 2.34. The Balaban J connectivity index is 1.39. The van der Waals surface area contributed by atoms with Crippen molar-refractivity contribution in [2.45, 2.75) is 105 Å². The molecular weight excluding hydrogens is 633 g/mol. The second kappa shape index (κ2) is 18.5. The third kappa shape index (κ3) is 10.1. The van der Waals surface area contributed by atoms with Gasteiger partial charge in [0.25, 0.3) is 0 Å². The third-order valence-corrected chi connectivity index (χ3v) is 10.2. The summed E-state index contributed by atoms with van der Waals surface area (Å²) in [5, 5.41) is 24.3. The van der Waals surface area contributed by atoms with Crippen LogP contribution >= 0.6 is 0 Å². The van der Waals surface area contributed by atoms with Crippen molar-refractivity contribution in [3.8, 4) is 11.5 Å². The Morgan fingerprint density at radius 3 is 1.45 bits per heavy atom. The number of ether oxygens (including phenoxy) is 2. The van der Waals surface area contributed by atoms with Gasteiger partial charge in [-0.2, -0.15) is 0 Å². The lowest BCUT2D eigenvalue weighted by molar-refractivity contribution is 0.104. The first-order valence-corrected chi connectivity index (χ1v) is 19.0. The second-order valence-electron chi connectivity index (χ2n) is 14.3. The van der Waals surface area contributed by atoms with E-state index in [0.717, 1.165) is 43.6 Å². The Hall–Kier alpha value is -4.00. The highest BCUT2D eigenvalue weighted by atomic mass is 16.5. The Bertz CT molecular complexity index is 1630. The molecule has 4 aromatic rings. The van der Waals surface area contributed by atoms with Crippen molar-refractivity contribution < 1.29 is 19.7 Å². The maximum absolute atomic E-state index is 11.1. The van der Waals surface area contributed by atoms with E-state index in [0.29, 0.717) is 19.6 Å². The molecule has 0 heterocycles. The summed E-state index contributed by atoms with van der Waals surface area (Å²) in [6.45, 7) is 16.2. The monoisotopic (exact) mass is 694 g/mol. The summed E-state index contributed by atoms with van der Waals surface area (Å²) in [4.78, 5) is 2.20. The smallest absolute Gasteiger partial charge is 0.119 e. The summed E-state index contributed by atoms with van der Waals surface area (Å²) < 4.78 is 11.8. The Morgan fingerprint density at radius 2 is 1.06 bits per heavy atom. The van der Waals surface area contributed by atoms with E-state index in [2.05, 4.69) is 107 Å². The van der Waals surface area contributed by atoms with Gasteiger partial charge in [-0.3, -0.25) is 0 Å². The van der Waals surface area contributed by atoms with E-state index in [1.54, 1.807) is 0 Å². The van der Waals surface area contributed by atoms with E-state index in [1.165, 1.54) is 55.9 Å². The SMILES string of the molecule is CCc1cc(Cc2cc(CC)c(N(C)CC(O)COc3ccc(C(C)(C)c4ccc(OCC(O)CC)cc4)cc3)c(CC)c2)cc(CC)c1NC. The van der Waals surface area contributed by atoms with Crippen molar-refractivity contribution in [2.75, 3.05) is 44.1 Å². The molecule has 4 aromatic carbocycles. The molecule has 0 saturated heterocycles. The van der Waals surface area contributed by atoms with Crippen LogP contribution in [-0.2, 0) is 37.5 Å². The van der Waals surface area contributed by atoms with E-state index < -0.39 is 12.2 Å². The number of nitrogens with zero attached hydrogens (tertiary/aromatic N) is 1. The van der Waals surface area contributed by atoms with E-state index in [-0.39, 0.29) is 12.0 Å². The zero-order valence-electron chi connectivity index (χ0n) is 32.6. The summed E-state index contributed by atoms with van der Waals surface area (Å²) in [6.07, 6.45) is 4.35. The van der Waals surface area contributed by atoms with Crippen LogP contribution in [0.2, 0.25) is 0 Å². The minimum absolute atomic E-state index is 0.213. The quantitative estimate of drug-likeness (QED) is 0.0911. The van der Waals surface area contributed by atoms with E-state index in [1.807, 2.05) is 38.2 Å². The first-order valence-electron chi connectivity index (χ1n) is 19.0. The molecule has 0 aliphatic carbocycles. The maximum atomic E-state index is 11.1. The lowest BCUT2D eigenvalue weighted by atomic mass is 9.78. The van der Waals surface area contributed by atoms with Crippen LogP contribution in [0.15, 0.2) is 72.8 Å². The van der Waals surface area contributed by atoms with Gasteiger partial charge in [-0.25, -0.2) is 0 Å². The van der Waals surface area contributed by atoms with Crippen LogP contribution in [0.3, 0.4) is 0 Å². The lowest BCUT2D eigenvalue weighted by Gasteiger charge is -2.28. The number of nitrogens with one attached hydrogen (secondary N) is 1. The molecule has 0 aromatic heterocycles. The molecule has 0 bridgehead atoms. The van der Waals surface area contributed by atoms with E-state index in [9.17, 15) is 10.2 Å². The second-order valence-corrected chi connectivity index (χ2v) is 14.3. The lowest BCUT2D eigenvalue weighted by Crippen LogP contribution is -2.34. The molecule has 0 radical (unpaired) electrons. The number of aliphatic hydroxyl groups is 2. The average molecular weight is 695 g/mol. The average Bonchev–Trinajstić information content (AvgIpc) is 3.15. The molecule has 0 saturated carbocycles. The molecule has 6 heteroatoms. The van der Waals surface area contributed by atoms with E-state index >= 15 is 0 Å². The van der Waals surface area contributed by atoms with Gasteiger partial charge in [0.1, 0.15) is 30.8 Å². The Kier molecular flexibility index (Phi) is 14.4. The van der Waals surface area contributed by atoms with Gasteiger partial charge in [-0.05, 0) is 107 Å². The minimum Gasteiger partial charge on any atom is -0.491 e. The van der Waals surface area contributed by atoms with Crippen molar-refractivity contribution in [3.63, 3.8) is 0 Å². The highest BCUT2D eigenvalue weighted by Gasteiger charge is 2.24. The number of aliphatic hydroxyl groups excluding tert-OH is 2. The van der Waals surface area contributed by atoms with Crippen LogP contribution in [0.5, 0.6) is 11.5 Å². The molecule has 0 aliphatic heterocycles. The molecule has 6 nitrogen and oxygen atoms in total. The number of hydrogen-bond donors (Lipinski definition) is 3. The maximum Gasteiger partial charge on any atom is 0.119 e. The number of benzene rings is 4. The van der Waals surface area contributed by atoms with Crippen molar-refractivity contribution in [2.24, 2.45) is 0 Å². The normalized spacial score (nSPS) is 12.8. The van der Waals surface area contributed by atoms with E-state index in [4.69, 9.17) is 9.47 Å². The molecule has 0 spiro atoms. The predicted molar refractivity (Wildman–Crippen MR) is 214 cm³/mol. The molecule has 0 fully saturated rings. The van der Waals surface area contributed by atoms with Gasteiger partial charge >= 0.3 is 0 Å². The third-order valence-electron chi connectivity index (χ3n) is 10.2. The number of hydrogen-bond acceptors (Lipinski definition) is 6. The van der Waals surface area contributed by atoms with Crippen LogP contribution in [0.4, 0.5) is 11.4 Å². The minimum atomic E-state index is -0.648. The summed E-state index contributed by atoms with van der Waals surface area (Å²) in [6, 6.07) is 25.7. The fourth-order valence-corrected chi connectivity index (χ4v) is 7.09. The first-order chi connectivity index (χ1) is 24.5. The Morgan fingerprint density at radius 1 is 0.647 bits per heavy atom. The largest absolute Gasteiger partial charge is 0.491 e. The van der Waals surface area contributed by atoms with Crippen LogP contribution < -0.4 is 19.7 Å². The fraction of sp³-hybridized carbons (Fsp3) is 0.467. The summed E-state index contributed by atoms with van der Waals surface area (Å²) >= 11 is 0. The standard InChI is InChI=1S/C45H62N2O4/c1-10-33-24-31(25-34(11-2)43(33)46-8)23-32-26-35(12-3)44(36(13-4)27-32)47(9)28-40(49)30-51-42-21-17-38(18-22-42)45(6,7)37-15-19-41(20-16-37)50-29-39(48)14-5/h15-22,24-27,39-40,46,48-49H,10-14,23,28-30H2,1-9H3. The Labute approximate surface area is 307 Å². The molecule has 3 N–H and O–H groups in total. The molecule has 2 atom stereocenters.